The van der Waals surface area contributed by atoms with E-state index in [2.05, 4.69) is 11.6 Å². The summed E-state index contributed by atoms with van der Waals surface area (Å²) in [7, 11) is 2.77. The van der Waals surface area contributed by atoms with Gasteiger partial charge in [0.15, 0.2) is 0 Å². The maximum atomic E-state index is 14.7. The molecule has 1 aromatic heterocycles. The summed E-state index contributed by atoms with van der Waals surface area (Å²) in [6, 6.07) is 6.18. The van der Waals surface area contributed by atoms with Crippen LogP contribution in [-0.2, 0) is 4.74 Å². The Balaban J connectivity index is 2.34. The number of ether oxygens (including phenoxy) is 2. The summed E-state index contributed by atoms with van der Waals surface area (Å²) in [5, 5.41) is 1.33. The van der Waals surface area contributed by atoms with E-state index in [0.29, 0.717) is 28.6 Å². The van der Waals surface area contributed by atoms with Crippen molar-refractivity contribution in [3.05, 3.63) is 70.6 Å². The van der Waals surface area contributed by atoms with Gasteiger partial charge in [0.2, 0.25) is 0 Å². The number of carbonyl (C=O) groups excluding carboxylic acids is 1. The molecule has 0 fully saturated rings. The molecule has 0 aliphatic heterocycles. The highest BCUT2D eigenvalue weighted by Gasteiger charge is 2.15. The Morgan fingerprint density at radius 3 is 2.69 bits per heavy atom. The van der Waals surface area contributed by atoms with Crippen LogP contribution in [0.4, 0.5) is 4.39 Å². The normalized spacial score (nSPS) is 12.7. The van der Waals surface area contributed by atoms with Crippen molar-refractivity contribution in [2.75, 3.05) is 14.2 Å². The van der Waals surface area contributed by atoms with Gasteiger partial charge in [0.25, 0.3) is 0 Å². The smallest absolute Gasteiger partial charge is 0.356 e. The maximum absolute atomic E-state index is 14.7. The first-order chi connectivity index (χ1) is 12.6. The molecule has 0 saturated heterocycles. The fourth-order valence-corrected chi connectivity index (χ4v) is 2.84. The number of carbonyl (C=O) groups is 1. The van der Waals surface area contributed by atoms with Crippen LogP contribution in [0.3, 0.4) is 0 Å². The number of methoxy groups -OCH3 is 2. The quantitative estimate of drug-likeness (QED) is 0.795. The van der Waals surface area contributed by atoms with Gasteiger partial charge >= 0.3 is 5.97 Å². The monoisotopic (exact) mass is 351 g/mol. The molecule has 26 heavy (non-hydrogen) atoms. The van der Waals surface area contributed by atoms with E-state index in [4.69, 9.17) is 9.47 Å². The average molecular weight is 351 g/mol. The molecule has 0 atom stereocenters. The van der Waals surface area contributed by atoms with E-state index in [1.54, 1.807) is 24.3 Å². The predicted molar refractivity (Wildman–Crippen MR) is 98.6 cm³/mol. The number of hydrogen-bond acceptors (Lipinski definition) is 4. The minimum absolute atomic E-state index is 0.117. The van der Waals surface area contributed by atoms with E-state index in [1.165, 1.54) is 20.3 Å². The number of pyridine rings is 1. The molecule has 2 aromatic rings. The lowest BCUT2D eigenvalue weighted by Gasteiger charge is -2.09. The lowest BCUT2D eigenvalue weighted by Crippen LogP contribution is -2.32. The lowest BCUT2D eigenvalue weighted by molar-refractivity contribution is 0.0593. The Morgan fingerprint density at radius 1 is 1.23 bits per heavy atom. The maximum Gasteiger partial charge on any atom is 0.356 e. The molecule has 0 bridgehead atoms. The van der Waals surface area contributed by atoms with E-state index in [9.17, 15) is 9.18 Å². The van der Waals surface area contributed by atoms with E-state index in [0.717, 1.165) is 10.8 Å². The number of esters is 1. The van der Waals surface area contributed by atoms with Gasteiger partial charge in [0.1, 0.15) is 17.3 Å². The number of benzene rings is 1. The van der Waals surface area contributed by atoms with Crippen molar-refractivity contribution < 1.29 is 18.7 Å². The van der Waals surface area contributed by atoms with Crippen molar-refractivity contribution in [1.82, 2.24) is 4.98 Å². The molecule has 5 heteroatoms. The van der Waals surface area contributed by atoms with Gasteiger partial charge in [-0.05, 0) is 41.8 Å². The van der Waals surface area contributed by atoms with Crippen molar-refractivity contribution in [2.45, 2.75) is 6.42 Å². The number of fused-ring (bicyclic) bond motifs is 1. The Morgan fingerprint density at radius 2 is 2.04 bits per heavy atom. The molecule has 0 radical (unpaired) electrons. The summed E-state index contributed by atoms with van der Waals surface area (Å²) in [4.78, 5) is 16.4. The SMILES string of the molecule is C=CC1=CCC=c2c(-c3ccc(OC)cc3F)cc(C(=O)OC)nc2=C1. The van der Waals surface area contributed by atoms with Crippen LogP contribution in [0.1, 0.15) is 16.9 Å². The van der Waals surface area contributed by atoms with E-state index < -0.39 is 11.8 Å². The molecule has 1 aliphatic rings. The number of rotatable bonds is 4. The highest BCUT2D eigenvalue weighted by Crippen LogP contribution is 2.24. The molecular weight excluding hydrogens is 333 g/mol. The standard InChI is InChI=1S/C21H18FNO3/c1-4-13-6-5-7-16-17(15-9-8-14(25-2)11-18(15)22)12-20(21(24)26-3)23-19(16)10-13/h4,6-12H,1,5H2,2-3H3. The van der Waals surface area contributed by atoms with Crippen molar-refractivity contribution in [3.63, 3.8) is 0 Å². The van der Waals surface area contributed by atoms with Crippen LogP contribution in [0.5, 0.6) is 5.75 Å². The number of allylic oxidation sites excluding steroid dienone is 3. The topological polar surface area (TPSA) is 48.4 Å². The molecule has 1 aromatic carbocycles. The van der Waals surface area contributed by atoms with Gasteiger partial charge in [-0.1, -0.05) is 24.8 Å². The fraction of sp³-hybridized carbons (Fsp3) is 0.143. The minimum Gasteiger partial charge on any atom is -0.497 e. The molecule has 132 valence electrons. The van der Waals surface area contributed by atoms with Crippen LogP contribution >= 0.6 is 0 Å². The second-order valence-electron chi connectivity index (χ2n) is 5.68. The van der Waals surface area contributed by atoms with E-state index in [-0.39, 0.29) is 5.69 Å². The molecule has 3 rings (SSSR count). The summed E-state index contributed by atoms with van der Waals surface area (Å²) in [5.74, 6) is -0.599. The number of hydrogen-bond donors (Lipinski definition) is 0. The molecule has 1 heterocycles. The van der Waals surface area contributed by atoms with Crippen LogP contribution in [0, 0.1) is 5.82 Å². The number of halogens is 1. The predicted octanol–water partition coefficient (Wildman–Crippen LogP) is 2.76. The van der Waals surface area contributed by atoms with Crippen LogP contribution in [-0.4, -0.2) is 25.2 Å². The molecule has 4 nitrogen and oxygen atoms in total. The Hall–Kier alpha value is -3.21. The van der Waals surface area contributed by atoms with Crippen molar-refractivity contribution in [1.29, 1.82) is 0 Å². The number of nitrogens with zero attached hydrogens (tertiary/aromatic N) is 1. The highest BCUT2D eigenvalue weighted by molar-refractivity contribution is 5.89. The second-order valence-corrected chi connectivity index (χ2v) is 5.68. The summed E-state index contributed by atoms with van der Waals surface area (Å²) in [5.41, 5.74) is 1.94. The van der Waals surface area contributed by atoms with Crippen LogP contribution < -0.4 is 15.3 Å². The Labute approximate surface area is 150 Å². The zero-order valence-corrected chi connectivity index (χ0v) is 14.6. The van der Waals surface area contributed by atoms with Gasteiger partial charge in [0, 0.05) is 16.8 Å². The van der Waals surface area contributed by atoms with Gasteiger partial charge in [0.05, 0.1) is 19.6 Å². The summed E-state index contributed by atoms with van der Waals surface area (Å²) < 4.78 is 24.5. The molecule has 0 unspecified atom stereocenters. The van der Waals surface area contributed by atoms with Gasteiger partial charge in [-0.25, -0.2) is 14.2 Å². The van der Waals surface area contributed by atoms with Crippen molar-refractivity contribution in [2.24, 2.45) is 0 Å². The first-order valence-electron chi connectivity index (χ1n) is 8.05. The van der Waals surface area contributed by atoms with Crippen molar-refractivity contribution >= 4 is 18.1 Å². The van der Waals surface area contributed by atoms with Gasteiger partial charge in [-0.3, -0.25) is 0 Å². The zero-order chi connectivity index (χ0) is 18.7. The third-order valence-electron chi connectivity index (χ3n) is 4.16. The van der Waals surface area contributed by atoms with Gasteiger partial charge < -0.3 is 9.47 Å². The summed E-state index contributed by atoms with van der Waals surface area (Å²) in [6.07, 6.45) is 8.12. The summed E-state index contributed by atoms with van der Waals surface area (Å²) >= 11 is 0. The first-order valence-corrected chi connectivity index (χ1v) is 8.05. The largest absolute Gasteiger partial charge is 0.497 e. The molecular formula is C21H18FNO3. The molecule has 0 spiro atoms. The first kappa shape index (κ1) is 17.6. The second kappa shape index (κ2) is 7.35. The van der Waals surface area contributed by atoms with Crippen LogP contribution in [0.25, 0.3) is 23.3 Å². The Kier molecular flexibility index (Phi) is 4.98. The fourth-order valence-electron chi connectivity index (χ4n) is 2.84. The molecule has 0 N–H and O–H groups in total. The highest BCUT2D eigenvalue weighted by atomic mass is 19.1. The third-order valence-corrected chi connectivity index (χ3v) is 4.16. The van der Waals surface area contributed by atoms with E-state index in [1.807, 2.05) is 18.2 Å². The Bertz CT molecular complexity index is 1040. The third kappa shape index (κ3) is 3.28. The van der Waals surface area contributed by atoms with E-state index >= 15 is 0 Å². The van der Waals surface area contributed by atoms with Crippen molar-refractivity contribution in [3.8, 4) is 16.9 Å². The average Bonchev–Trinajstić information content (AvgIpc) is 2.88. The molecule has 1 aliphatic carbocycles. The van der Waals surface area contributed by atoms with Crippen LogP contribution in [0.15, 0.2) is 48.6 Å². The van der Waals surface area contributed by atoms with Gasteiger partial charge in [-0.15, -0.1) is 0 Å². The zero-order valence-electron chi connectivity index (χ0n) is 14.6. The lowest BCUT2D eigenvalue weighted by atomic mass is 10.0. The van der Waals surface area contributed by atoms with Gasteiger partial charge in [-0.2, -0.15) is 0 Å². The van der Waals surface area contributed by atoms with Crippen LogP contribution in [0.2, 0.25) is 0 Å². The summed E-state index contributed by atoms with van der Waals surface area (Å²) in [6.45, 7) is 3.78. The number of aromatic nitrogens is 1. The minimum atomic E-state index is -0.579. The molecule has 0 amide bonds. The molecule has 0 saturated carbocycles.